The van der Waals surface area contributed by atoms with Crippen LogP contribution in [-0.2, 0) is 28.0 Å². The van der Waals surface area contributed by atoms with E-state index in [4.69, 9.17) is 21.1 Å². The molecule has 3 heterocycles. The van der Waals surface area contributed by atoms with E-state index in [9.17, 15) is 24.5 Å². The van der Waals surface area contributed by atoms with Gasteiger partial charge in [0.05, 0.1) is 19.5 Å². The number of nitrogens with zero attached hydrogens (tertiary/aromatic N) is 4. The van der Waals surface area contributed by atoms with Crippen LogP contribution in [0, 0.1) is 0 Å². The summed E-state index contributed by atoms with van der Waals surface area (Å²) in [7, 11) is -4.29. The second-order valence-corrected chi connectivity index (χ2v) is 11.1. The molecule has 2 aromatic heterocycles. The molecule has 1 saturated heterocycles. The number of aliphatic hydroxyl groups excluding tert-OH is 2. The first-order valence-corrected chi connectivity index (χ1v) is 14.3. The van der Waals surface area contributed by atoms with Gasteiger partial charge in [-0.15, -0.1) is 0 Å². The number of carbonyl (C=O) groups is 1. The number of anilines is 1. The van der Waals surface area contributed by atoms with E-state index in [1.165, 1.54) is 10.9 Å². The molecule has 2 aliphatic rings. The molecule has 0 aromatic carbocycles. The number of rotatable bonds is 12. The molecule has 2 fully saturated rings. The first-order valence-electron chi connectivity index (χ1n) is 12.2. The summed E-state index contributed by atoms with van der Waals surface area (Å²) in [4.78, 5) is 33.9. The second kappa shape index (κ2) is 12.8. The number of hydrogen-bond acceptors (Lipinski definition) is 13. The van der Waals surface area contributed by atoms with Gasteiger partial charge in [0.2, 0.25) is 12.1 Å². The summed E-state index contributed by atoms with van der Waals surface area (Å²) in [5, 5.41) is 24.5. The molecule has 15 nitrogen and oxygen atoms in total. The van der Waals surface area contributed by atoms with Crippen molar-refractivity contribution >= 4 is 42.3 Å². The largest absolute Gasteiger partial charge is 0.510 e. The van der Waals surface area contributed by atoms with Crippen LogP contribution in [0.25, 0.3) is 11.2 Å². The first kappa shape index (κ1) is 28.9. The highest BCUT2D eigenvalue weighted by Gasteiger charge is 2.44. The Morgan fingerprint density at radius 1 is 1.26 bits per heavy atom. The van der Waals surface area contributed by atoms with E-state index < -0.39 is 51.4 Å². The quantitative estimate of drug-likeness (QED) is 0.123. The molecule has 4 rings (SSSR count). The summed E-state index contributed by atoms with van der Waals surface area (Å²) in [6.45, 7) is 0.780. The maximum atomic E-state index is 12.1. The van der Waals surface area contributed by atoms with Crippen molar-refractivity contribution < 1.29 is 47.9 Å². The summed E-state index contributed by atoms with van der Waals surface area (Å²) in [6, 6.07) is 0.249. The highest BCUT2D eigenvalue weighted by molar-refractivity contribution is 7.52. The molecule has 17 heteroatoms. The van der Waals surface area contributed by atoms with Crippen LogP contribution in [-0.4, -0.2) is 91.5 Å². The van der Waals surface area contributed by atoms with Crippen molar-refractivity contribution in [3.8, 4) is 0 Å². The van der Waals surface area contributed by atoms with Gasteiger partial charge in [-0.2, -0.15) is 9.97 Å². The Morgan fingerprint density at radius 2 is 2.03 bits per heavy atom. The zero-order valence-corrected chi connectivity index (χ0v) is 22.3. The Kier molecular flexibility index (Phi) is 9.76. The standard InChI is InChI=1S/C21H31ClN5O10P/c1-2-7-34-21(30)35-10-36-38(31,32)11-33-8-13-15(28)16(29)19(37-13)27-9-23-14-17(24-12-5-3-4-6-12)25-20(22)26-18(14)27/h9,12-13,15-16,19,28-29H,2-8,10-11H2,1H3,(H,31,32)(H,24,25,26)/t13-,15-,16-,19-/m1/s1. The van der Waals surface area contributed by atoms with Gasteiger partial charge in [0.1, 0.15) is 24.7 Å². The molecule has 0 radical (unpaired) electrons. The van der Waals surface area contributed by atoms with Crippen LogP contribution in [0.3, 0.4) is 0 Å². The minimum Gasteiger partial charge on any atom is -0.434 e. The van der Waals surface area contributed by atoms with Crippen molar-refractivity contribution in [1.29, 1.82) is 0 Å². The number of halogens is 1. The lowest BCUT2D eigenvalue weighted by molar-refractivity contribution is -0.0624. The van der Waals surface area contributed by atoms with E-state index in [1.807, 2.05) is 0 Å². The molecule has 5 atom stereocenters. The molecular weight excluding hydrogens is 549 g/mol. The number of fused-ring (bicyclic) bond motifs is 1. The van der Waals surface area contributed by atoms with Crippen molar-refractivity contribution in [2.45, 2.75) is 69.6 Å². The van der Waals surface area contributed by atoms with Gasteiger partial charge >= 0.3 is 13.8 Å². The molecule has 212 valence electrons. The Balaban J connectivity index is 1.34. The number of carbonyl (C=O) groups excluding carboxylic acids is 1. The van der Waals surface area contributed by atoms with Crippen molar-refractivity contribution in [3.63, 3.8) is 0 Å². The summed E-state index contributed by atoms with van der Waals surface area (Å²) < 4.78 is 38.4. The molecule has 1 aliphatic carbocycles. The predicted octanol–water partition coefficient (Wildman–Crippen LogP) is 2.15. The predicted molar refractivity (Wildman–Crippen MR) is 131 cm³/mol. The number of ether oxygens (including phenoxy) is 4. The number of hydrogen-bond donors (Lipinski definition) is 4. The van der Waals surface area contributed by atoms with Gasteiger partial charge in [-0.1, -0.05) is 19.8 Å². The normalized spacial score (nSPS) is 25.5. The van der Waals surface area contributed by atoms with Crippen molar-refractivity contribution in [1.82, 2.24) is 19.5 Å². The lowest BCUT2D eigenvalue weighted by Crippen LogP contribution is -2.34. The van der Waals surface area contributed by atoms with Crippen LogP contribution >= 0.6 is 19.2 Å². The van der Waals surface area contributed by atoms with Gasteiger partial charge in [0.25, 0.3) is 0 Å². The first-order chi connectivity index (χ1) is 18.2. The van der Waals surface area contributed by atoms with E-state index in [0.29, 0.717) is 23.4 Å². The van der Waals surface area contributed by atoms with E-state index in [-0.39, 0.29) is 24.5 Å². The molecule has 1 unspecified atom stereocenters. The molecule has 0 spiro atoms. The third-order valence-electron chi connectivity index (χ3n) is 6.09. The van der Waals surface area contributed by atoms with Crippen LogP contribution < -0.4 is 5.32 Å². The Labute approximate surface area is 222 Å². The van der Waals surface area contributed by atoms with E-state index in [2.05, 4.69) is 34.3 Å². The van der Waals surface area contributed by atoms with Crippen LogP contribution in [0.1, 0.15) is 45.3 Å². The highest BCUT2D eigenvalue weighted by Crippen LogP contribution is 2.42. The van der Waals surface area contributed by atoms with Gasteiger partial charge < -0.3 is 39.4 Å². The zero-order valence-electron chi connectivity index (χ0n) is 20.6. The summed E-state index contributed by atoms with van der Waals surface area (Å²) in [6.07, 6.45) is -0.481. The van der Waals surface area contributed by atoms with Crippen LogP contribution in [0.15, 0.2) is 6.33 Å². The number of aromatic nitrogens is 4. The van der Waals surface area contributed by atoms with Gasteiger partial charge in [0.15, 0.2) is 23.2 Å². The Morgan fingerprint density at radius 3 is 2.76 bits per heavy atom. The van der Waals surface area contributed by atoms with Crippen LogP contribution in [0.5, 0.6) is 0 Å². The molecule has 0 bridgehead atoms. The van der Waals surface area contributed by atoms with Crippen molar-refractivity contribution in [2.24, 2.45) is 0 Å². The van der Waals surface area contributed by atoms with Gasteiger partial charge in [-0.05, 0) is 30.9 Å². The fourth-order valence-electron chi connectivity index (χ4n) is 4.24. The molecule has 4 N–H and O–H groups in total. The van der Waals surface area contributed by atoms with E-state index in [1.54, 1.807) is 6.92 Å². The number of aliphatic hydroxyl groups is 2. The molecule has 0 amide bonds. The Bertz CT molecular complexity index is 1150. The third kappa shape index (κ3) is 7.10. The highest BCUT2D eigenvalue weighted by atomic mass is 35.5. The lowest BCUT2D eigenvalue weighted by atomic mass is 10.1. The van der Waals surface area contributed by atoms with Crippen molar-refractivity contribution in [2.75, 3.05) is 31.7 Å². The van der Waals surface area contributed by atoms with E-state index >= 15 is 0 Å². The lowest BCUT2D eigenvalue weighted by Gasteiger charge is -2.17. The summed E-state index contributed by atoms with van der Waals surface area (Å²) >= 11 is 6.15. The third-order valence-corrected chi connectivity index (χ3v) is 7.28. The molecule has 1 aliphatic heterocycles. The molecule has 38 heavy (non-hydrogen) atoms. The Hall–Kier alpha value is -2.10. The minimum atomic E-state index is -4.29. The molecular formula is C21H31ClN5O10P. The average Bonchev–Trinajstić information content (AvgIpc) is 3.59. The fourth-order valence-corrected chi connectivity index (χ4v) is 5.04. The maximum Gasteiger partial charge on any atom is 0.510 e. The second-order valence-electron chi connectivity index (χ2n) is 8.96. The summed E-state index contributed by atoms with van der Waals surface area (Å²) in [5.74, 6) is 0.472. The van der Waals surface area contributed by atoms with Crippen LogP contribution in [0.2, 0.25) is 5.28 Å². The fraction of sp³-hybridized carbons (Fsp3) is 0.714. The van der Waals surface area contributed by atoms with Gasteiger partial charge in [-0.25, -0.2) is 9.78 Å². The summed E-state index contributed by atoms with van der Waals surface area (Å²) in [5.41, 5.74) is 0.736. The monoisotopic (exact) mass is 579 g/mol. The SMILES string of the molecule is CCCOC(=O)OCOP(=O)(O)COC[C@H]1O[C@@H](n2cnc3c(NC4CCCC4)nc(Cl)nc32)[C@H](O)[C@@H]1O. The minimum absolute atomic E-state index is 0.0195. The number of imidazole rings is 1. The van der Waals surface area contributed by atoms with Crippen LogP contribution in [0.4, 0.5) is 10.6 Å². The van der Waals surface area contributed by atoms with Crippen molar-refractivity contribution in [3.05, 3.63) is 11.6 Å². The van der Waals surface area contributed by atoms with Gasteiger partial charge in [0, 0.05) is 6.04 Å². The number of nitrogens with one attached hydrogen (secondary N) is 1. The smallest absolute Gasteiger partial charge is 0.434 e. The molecule has 2 aromatic rings. The molecule has 1 saturated carbocycles. The average molecular weight is 580 g/mol. The maximum absolute atomic E-state index is 12.1. The zero-order chi connectivity index (χ0) is 27.3. The topological polar surface area (TPSA) is 197 Å². The van der Waals surface area contributed by atoms with E-state index in [0.717, 1.165) is 25.7 Å². The van der Waals surface area contributed by atoms with Gasteiger partial charge in [-0.3, -0.25) is 13.7 Å².